The van der Waals surface area contributed by atoms with Crippen LogP contribution in [0.2, 0.25) is 0 Å². The van der Waals surface area contributed by atoms with Crippen LogP contribution in [0.25, 0.3) is 22.9 Å². The topological polar surface area (TPSA) is 98.0 Å². The highest BCUT2D eigenvalue weighted by molar-refractivity contribution is 7.92. The molecule has 0 atom stereocenters. The summed E-state index contributed by atoms with van der Waals surface area (Å²) in [7, 11) is -3.80. The van der Waals surface area contributed by atoms with Crippen LogP contribution in [0.1, 0.15) is 5.56 Å². The number of hydrogen-bond acceptors (Lipinski definition) is 6. The Balaban J connectivity index is 1.63. The summed E-state index contributed by atoms with van der Waals surface area (Å²) < 4.78 is 33.4. The van der Waals surface area contributed by atoms with E-state index in [1.165, 1.54) is 18.3 Å². The number of aromatic nitrogens is 3. The third-order valence-electron chi connectivity index (χ3n) is 4.02. The quantitative estimate of drug-likeness (QED) is 0.553. The summed E-state index contributed by atoms with van der Waals surface area (Å²) in [5.41, 5.74) is 2.43. The molecule has 4 aromatic rings. The number of anilines is 1. The Morgan fingerprint density at radius 1 is 0.857 bits per heavy atom. The Labute approximate surface area is 162 Å². The minimum atomic E-state index is -3.80. The second kappa shape index (κ2) is 7.24. The number of aryl methyl sites for hydroxylation is 1. The van der Waals surface area contributed by atoms with E-state index in [4.69, 9.17) is 4.42 Å². The lowest BCUT2D eigenvalue weighted by molar-refractivity contribution is 0.584. The Kier molecular flexibility index (Phi) is 4.62. The molecule has 0 amide bonds. The lowest BCUT2D eigenvalue weighted by Gasteiger charge is -2.07. The lowest BCUT2D eigenvalue weighted by atomic mass is 10.1. The molecule has 0 saturated carbocycles. The number of nitrogens with one attached hydrogen (secondary N) is 1. The summed E-state index contributed by atoms with van der Waals surface area (Å²) in [4.78, 5) is 4.06. The molecule has 140 valence electrons. The second-order valence-electron chi connectivity index (χ2n) is 6.13. The minimum Gasteiger partial charge on any atom is -0.416 e. The van der Waals surface area contributed by atoms with Gasteiger partial charge in [-0.15, -0.1) is 10.2 Å². The second-order valence-corrected chi connectivity index (χ2v) is 7.81. The zero-order valence-electron chi connectivity index (χ0n) is 14.9. The first-order chi connectivity index (χ1) is 13.5. The summed E-state index contributed by atoms with van der Waals surface area (Å²) in [6, 6.07) is 19.0. The Morgan fingerprint density at radius 2 is 1.61 bits per heavy atom. The predicted molar refractivity (Wildman–Crippen MR) is 105 cm³/mol. The zero-order valence-corrected chi connectivity index (χ0v) is 15.7. The maximum atomic E-state index is 12.6. The number of sulfonamides is 1. The van der Waals surface area contributed by atoms with Crippen LogP contribution in [0.5, 0.6) is 0 Å². The van der Waals surface area contributed by atoms with Crippen LogP contribution in [0.15, 0.2) is 82.2 Å². The molecular formula is C20H16N4O3S. The van der Waals surface area contributed by atoms with Crippen molar-refractivity contribution in [2.24, 2.45) is 0 Å². The minimum absolute atomic E-state index is 0.0748. The molecule has 4 rings (SSSR count). The maximum Gasteiger partial charge on any atom is 0.263 e. The van der Waals surface area contributed by atoms with E-state index < -0.39 is 10.0 Å². The molecule has 2 aromatic carbocycles. The van der Waals surface area contributed by atoms with Gasteiger partial charge in [-0.3, -0.25) is 4.72 Å². The van der Waals surface area contributed by atoms with Crippen molar-refractivity contribution in [2.45, 2.75) is 11.8 Å². The van der Waals surface area contributed by atoms with E-state index in [0.29, 0.717) is 11.5 Å². The molecule has 7 nitrogen and oxygen atoms in total. The highest BCUT2D eigenvalue weighted by Crippen LogP contribution is 2.26. The summed E-state index contributed by atoms with van der Waals surface area (Å²) >= 11 is 0. The molecule has 1 N–H and O–H groups in total. The van der Waals surface area contributed by atoms with Gasteiger partial charge in [0.15, 0.2) is 0 Å². The van der Waals surface area contributed by atoms with Crippen molar-refractivity contribution in [1.29, 1.82) is 0 Å². The molecule has 8 heteroatoms. The molecule has 0 aliphatic rings. The van der Waals surface area contributed by atoms with E-state index in [-0.39, 0.29) is 16.6 Å². The summed E-state index contributed by atoms with van der Waals surface area (Å²) in [6.45, 7) is 1.99. The van der Waals surface area contributed by atoms with Gasteiger partial charge in [0.05, 0.1) is 4.90 Å². The molecule has 0 radical (unpaired) electrons. The van der Waals surface area contributed by atoms with Crippen molar-refractivity contribution in [3.8, 4) is 22.9 Å². The third kappa shape index (κ3) is 3.77. The van der Waals surface area contributed by atoms with E-state index in [1.807, 2.05) is 31.2 Å². The van der Waals surface area contributed by atoms with Gasteiger partial charge in [0.25, 0.3) is 10.0 Å². The lowest BCUT2D eigenvalue weighted by Crippen LogP contribution is -2.13. The van der Waals surface area contributed by atoms with Crippen LogP contribution >= 0.6 is 0 Å². The summed E-state index contributed by atoms with van der Waals surface area (Å²) in [6.07, 6.45) is 1.51. The van der Waals surface area contributed by atoms with Crippen LogP contribution in [0.3, 0.4) is 0 Å². The standard InChI is InChI=1S/C20H16N4O3S/c1-14-8-10-15(11-9-14)19-22-23-20(27-19)16-5-4-6-17(13-16)28(25,26)24-18-7-2-3-12-21-18/h2-13H,1H3,(H,21,24). The fraction of sp³-hybridized carbons (Fsp3) is 0.0500. The number of hydrogen-bond donors (Lipinski definition) is 1. The van der Waals surface area contributed by atoms with Crippen molar-refractivity contribution < 1.29 is 12.8 Å². The van der Waals surface area contributed by atoms with E-state index in [2.05, 4.69) is 19.9 Å². The van der Waals surface area contributed by atoms with Gasteiger partial charge in [-0.2, -0.15) is 0 Å². The molecule has 0 aliphatic carbocycles. The fourth-order valence-corrected chi connectivity index (χ4v) is 3.62. The first-order valence-corrected chi connectivity index (χ1v) is 9.94. The Bertz CT molecular complexity index is 1200. The van der Waals surface area contributed by atoms with Crippen LogP contribution in [-0.2, 0) is 10.0 Å². The van der Waals surface area contributed by atoms with Crippen LogP contribution in [0, 0.1) is 6.92 Å². The first-order valence-electron chi connectivity index (χ1n) is 8.46. The fourth-order valence-electron chi connectivity index (χ4n) is 2.57. The van der Waals surface area contributed by atoms with Gasteiger partial charge in [-0.1, -0.05) is 29.8 Å². The van der Waals surface area contributed by atoms with Crippen LogP contribution < -0.4 is 4.72 Å². The molecule has 2 heterocycles. The molecule has 0 unspecified atom stereocenters. The van der Waals surface area contributed by atoms with Gasteiger partial charge in [-0.05, 0) is 49.4 Å². The summed E-state index contributed by atoms with van der Waals surface area (Å²) in [5.74, 6) is 0.854. The SMILES string of the molecule is Cc1ccc(-c2nnc(-c3cccc(S(=O)(=O)Nc4ccccn4)c3)o2)cc1. The molecule has 0 fully saturated rings. The smallest absolute Gasteiger partial charge is 0.263 e. The van der Waals surface area contributed by atoms with E-state index >= 15 is 0 Å². The van der Waals surface area contributed by atoms with Gasteiger partial charge in [0.1, 0.15) is 5.82 Å². The van der Waals surface area contributed by atoms with Crippen molar-refractivity contribution in [3.63, 3.8) is 0 Å². The molecular weight excluding hydrogens is 376 g/mol. The van der Waals surface area contributed by atoms with E-state index in [0.717, 1.165) is 11.1 Å². The number of benzene rings is 2. The van der Waals surface area contributed by atoms with Crippen molar-refractivity contribution in [3.05, 3.63) is 78.5 Å². The van der Waals surface area contributed by atoms with Crippen molar-refractivity contribution >= 4 is 15.8 Å². The normalized spacial score (nSPS) is 11.3. The number of rotatable bonds is 5. The van der Waals surface area contributed by atoms with Gasteiger partial charge >= 0.3 is 0 Å². The van der Waals surface area contributed by atoms with Gasteiger partial charge in [0.2, 0.25) is 11.8 Å². The van der Waals surface area contributed by atoms with E-state index in [9.17, 15) is 8.42 Å². The maximum absolute atomic E-state index is 12.6. The van der Waals surface area contributed by atoms with Crippen LogP contribution in [0.4, 0.5) is 5.82 Å². The highest BCUT2D eigenvalue weighted by Gasteiger charge is 2.17. The molecule has 2 aromatic heterocycles. The Morgan fingerprint density at radius 3 is 2.32 bits per heavy atom. The number of pyridine rings is 1. The Hall–Kier alpha value is -3.52. The molecule has 0 spiro atoms. The van der Waals surface area contributed by atoms with Crippen molar-refractivity contribution in [1.82, 2.24) is 15.2 Å². The first kappa shape index (κ1) is 17.9. The largest absolute Gasteiger partial charge is 0.416 e. The summed E-state index contributed by atoms with van der Waals surface area (Å²) in [5, 5.41) is 8.11. The zero-order chi connectivity index (χ0) is 19.6. The molecule has 0 bridgehead atoms. The molecule has 0 aliphatic heterocycles. The average molecular weight is 392 g/mol. The van der Waals surface area contributed by atoms with Crippen molar-refractivity contribution in [2.75, 3.05) is 4.72 Å². The van der Waals surface area contributed by atoms with Gasteiger partial charge in [-0.25, -0.2) is 13.4 Å². The highest BCUT2D eigenvalue weighted by atomic mass is 32.2. The predicted octanol–water partition coefficient (Wildman–Crippen LogP) is 3.91. The molecule has 28 heavy (non-hydrogen) atoms. The van der Waals surface area contributed by atoms with E-state index in [1.54, 1.807) is 30.3 Å². The molecule has 0 saturated heterocycles. The van der Waals surface area contributed by atoms with Gasteiger partial charge in [0, 0.05) is 17.3 Å². The number of nitrogens with zero attached hydrogens (tertiary/aromatic N) is 3. The third-order valence-corrected chi connectivity index (χ3v) is 5.37. The average Bonchev–Trinajstić information content (AvgIpc) is 3.19. The van der Waals surface area contributed by atoms with Crippen LogP contribution in [-0.4, -0.2) is 23.6 Å². The monoisotopic (exact) mass is 392 g/mol. The van der Waals surface area contributed by atoms with Gasteiger partial charge < -0.3 is 4.42 Å².